The van der Waals surface area contributed by atoms with Gasteiger partial charge < -0.3 is 10.2 Å². The number of hydrogen-bond donors (Lipinski definition) is 1. The zero-order valence-corrected chi connectivity index (χ0v) is 15.7. The summed E-state index contributed by atoms with van der Waals surface area (Å²) in [5.41, 5.74) is 1.50. The Kier molecular flexibility index (Phi) is 4.45. The zero-order valence-electron chi connectivity index (χ0n) is 14.9. The molecule has 0 bridgehead atoms. The van der Waals surface area contributed by atoms with E-state index < -0.39 is 0 Å². The quantitative estimate of drug-likeness (QED) is 0.922. The lowest BCUT2D eigenvalue weighted by molar-refractivity contribution is 0.123. The minimum Gasteiger partial charge on any atom is -0.368 e. The van der Waals surface area contributed by atoms with Crippen molar-refractivity contribution in [2.75, 3.05) is 45.1 Å². The maximum absolute atomic E-state index is 4.74. The molecule has 0 amide bonds. The van der Waals surface area contributed by atoms with Crippen LogP contribution >= 0.6 is 11.3 Å². The van der Waals surface area contributed by atoms with Crippen molar-refractivity contribution in [3.8, 4) is 0 Å². The number of piperazine rings is 1. The number of aryl methyl sites for hydroxylation is 3. The van der Waals surface area contributed by atoms with E-state index in [-0.39, 0.29) is 0 Å². The molecule has 1 atom stereocenters. The largest absolute Gasteiger partial charge is 0.368 e. The van der Waals surface area contributed by atoms with E-state index in [4.69, 9.17) is 4.98 Å². The summed E-state index contributed by atoms with van der Waals surface area (Å²) in [6.07, 6.45) is 3.68. The summed E-state index contributed by atoms with van der Waals surface area (Å²) in [5, 5.41) is 4.95. The Hall–Kier alpha value is -1.24. The molecule has 0 radical (unpaired) electrons. The van der Waals surface area contributed by atoms with Crippen LogP contribution in [-0.4, -0.2) is 65.6 Å². The van der Waals surface area contributed by atoms with Crippen LogP contribution in [-0.2, 0) is 12.8 Å². The average Bonchev–Trinajstić information content (AvgIpc) is 3.13. The monoisotopic (exact) mass is 345 g/mol. The predicted molar refractivity (Wildman–Crippen MR) is 101 cm³/mol. The molecule has 2 aromatic heterocycles. The van der Waals surface area contributed by atoms with E-state index in [0.29, 0.717) is 6.04 Å². The molecule has 5 nitrogen and oxygen atoms in total. The number of nitrogens with zero attached hydrogens (tertiary/aromatic N) is 4. The van der Waals surface area contributed by atoms with Crippen LogP contribution in [0.2, 0.25) is 0 Å². The van der Waals surface area contributed by atoms with Gasteiger partial charge in [0, 0.05) is 43.6 Å². The summed E-state index contributed by atoms with van der Waals surface area (Å²) < 4.78 is 0. The van der Waals surface area contributed by atoms with Crippen LogP contribution < -0.4 is 5.32 Å². The molecule has 1 fully saturated rings. The van der Waals surface area contributed by atoms with E-state index in [1.54, 1.807) is 0 Å². The van der Waals surface area contributed by atoms with Crippen LogP contribution in [0.25, 0.3) is 10.2 Å². The van der Waals surface area contributed by atoms with Crippen molar-refractivity contribution in [3.05, 3.63) is 16.3 Å². The molecule has 6 heteroatoms. The molecular formula is C18H27N5S. The van der Waals surface area contributed by atoms with Crippen molar-refractivity contribution in [2.24, 2.45) is 0 Å². The fraction of sp³-hybridized carbons (Fsp3) is 0.667. The predicted octanol–water partition coefficient (Wildman–Crippen LogP) is 2.54. The van der Waals surface area contributed by atoms with Crippen LogP contribution in [0, 0.1) is 6.92 Å². The molecular weight excluding hydrogens is 318 g/mol. The fourth-order valence-electron chi connectivity index (χ4n) is 3.87. The highest BCUT2D eigenvalue weighted by molar-refractivity contribution is 7.19. The van der Waals surface area contributed by atoms with E-state index in [9.17, 15) is 0 Å². The summed E-state index contributed by atoms with van der Waals surface area (Å²) in [5.74, 6) is 1.93. The van der Waals surface area contributed by atoms with E-state index in [2.05, 4.69) is 34.1 Å². The molecule has 0 unspecified atom stereocenters. The van der Waals surface area contributed by atoms with Crippen molar-refractivity contribution in [1.29, 1.82) is 0 Å². The van der Waals surface area contributed by atoms with Gasteiger partial charge in [0.1, 0.15) is 16.5 Å². The van der Waals surface area contributed by atoms with Crippen molar-refractivity contribution in [1.82, 2.24) is 19.8 Å². The third-order valence-corrected chi connectivity index (χ3v) is 6.59. The fourth-order valence-corrected chi connectivity index (χ4v) is 5.17. The highest BCUT2D eigenvalue weighted by Crippen LogP contribution is 2.39. The molecule has 0 saturated carbocycles. The number of likely N-dealkylation sites (N-methyl/N-ethyl adjacent to an activating group) is 1. The van der Waals surface area contributed by atoms with E-state index in [1.807, 2.05) is 18.3 Å². The molecule has 1 aliphatic carbocycles. The molecule has 3 heterocycles. The zero-order chi connectivity index (χ0) is 16.7. The van der Waals surface area contributed by atoms with Crippen LogP contribution in [0.5, 0.6) is 0 Å². The Labute approximate surface area is 148 Å². The topological polar surface area (TPSA) is 44.3 Å². The van der Waals surface area contributed by atoms with Crippen LogP contribution in [0.4, 0.5) is 5.82 Å². The maximum Gasteiger partial charge on any atom is 0.138 e. The smallest absolute Gasteiger partial charge is 0.138 e. The normalized spacial score (nSPS) is 20.5. The molecule has 4 rings (SSSR count). The van der Waals surface area contributed by atoms with Gasteiger partial charge in [-0.1, -0.05) is 0 Å². The number of nitrogens with one attached hydrogen (secondary N) is 1. The standard InChI is InChI=1S/C18H27N5S/c1-12(23-9-7-22(3)8-10-23)11-19-17-16-14-5-4-6-15(14)24-18(16)21-13(2)20-17/h12H,4-11H2,1-3H3,(H,19,20,21)/t12-/m0/s1. The van der Waals surface area contributed by atoms with Gasteiger partial charge in [0.05, 0.1) is 5.39 Å². The lowest BCUT2D eigenvalue weighted by Crippen LogP contribution is -2.49. The van der Waals surface area contributed by atoms with Crippen molar-refractivity contribution < 1.29 is 0 Å². The average molecular weight is 346 g/mol. The molecule has 1 aliphatic heterocycles. The Morgan fingerprint density at radius 2 is 1.96 bits per heavy atom. The first-order valence-electron chi connectivity index (χ1n) is 9.07. The maximum atomic E-state index is 4.74. The molecule has 0 aromatic carbocycles. The van der Waals surface area contributed by atoms with Gasteiger partial charge >= 0.3 is 0 Å². The molecule has 0 spiro atoms. The Bertz CT molecular complexity index is 733. The first-order chi connectivity index (χ1) is 11.6. The van der Waals surface area contributed by atoms with Crippen molar-refractivity contribution in [2.45, 2.75) is 39.2 Å². The van der Waals surface area contributed by atoms with Gasteiger partial charge in [-0.25, -0.2) is 9.97 Å². The van der Waals surface area contributed by atoms with Crippen LogP contribution in [0.1, 0.15) is 29.6 Å². The Morgan fingerprint density at radius 3 is 2.75 bits per heavy atom. The number of fused-ring (bicyclic) bond motifs is 3. The second-order valence-electron chi connectivity index (χ2n) is 7.23. The molecule has 2 aliphatic rings. The van der Waals surface area contributed by atoms with Gasteiger partial charge in [-0.3, -0.25) is 4.90 Å². The number of hydrogen-bond acceptors (Lipinski definition) is 6. The van der Waals surface area contributed by atoms with Crippen LogP contribution in [0.15, 0.2) is 0 Å². The third kappa shape index (κ3) is 3.03. The minimum atomic E-state index is 0.524. The lowest BCUT2D eigenvalue weighted by atomic mass is 10.2. The molecule has 2 aromatic rings. The number of thiophene rings is 1. The van der Waals surface area contributed by atoms with E-state index in [0.717, 1.165) is 31.3 Å². The lowest BCUT2D eigenvalue weighted by Gasteiger charge is -2.36. The molecule has 1 N–H and O–H groups in total. The summed E-state index contributed by atoms with van der Waals surface area (Å²) in [6.45, 7) is 9.91. The van der Waals surface area contributed by atoms with E-state index >= 15 is 0 Å². The second-order valence-corrected chi connectivity index (χ2v) is 8.31. The summed E-state index contributed by atoms with van der Waals surface area (Å²) in [4.78, 5) is 17.1. The molecule has 130 valence electrons. The summed E-state index contributed by atoms with van der Waals surface area (Å²) >= 11 is 1.87. The second kappa shape index (κ2) is 6.58. The van der Waals surface area contributed by atoms with Gasteiger partial charge in [-0.15, -0.1) is 11.3 Å². The SMILES string of the molecule is Cc1nc(NC[C@H](C)N2CCN(C)CC2)c2c3c(sc2n1)CCC3. The highest BCUT2D eigenvalue weighted by Gasteiger charge is 2.23. The first-order valence-corrected chi connectivity index (χ1v) is 9.89. The number of rotatable bonds is 4. The van der Waals surface area contributed by atoms with E-state index in [1.165, 1.54) is 53.0 Å². The van der Waals surface area contributed by atoms with Gasteiger partial charge in [0.15, 0.2) is 0 Å². The summed E-state index contributed by atoms with van der Waals surface area (Å²) in [6, 6.07) is 0.524. The van der Waals surface area contributed by atoms with Gasteiger partial charge in [0.25, 0.3) is 0 Å². The van der Waals surface area contributed by atoms with Crippen LogP contribution in [0.3, 0.4) is 0 Å². The number of anilines is 1. The van der Waals surface area contributed by atoms with Gasteiger partial charge in [-0.05, 0) is 45.7 Å². The van der Waals surface area contributed by atoms with Gasteiger partial charge in [0.2, 0.25) is 0 Å². The minimum absolute atomic E-state index is 0.524. The summed E-state index contributed by atoms with van der Waals surface area (Å²) in [7, 11) is 2.21. The van der Waals surface area contributed by atoms with Crippen molar-refractivity contribution >= 4 is 27.4 Å². The first kappa shape index (κ1) is 16.2. The van der Waals surface area contributed by atoms with Crippen molar-refractivity contribution in [3.63, 3.8) is 0 Å². The van der Waals surface area contributed by atoms with Gasteiger partial charge in [-0.2, -0.15) is 0 Å². The Morgan fingerprint density at radius 1 is 1.17 bits per heavy atom. The highest BCUT2D eigenvalue weighted by atomic mass is 32.1. The Balaban J connectivity index is 1.52. The molecule has 24 heavy (non-hydrogen) atoms. The third-order valence-electron chi connectivity index (χ3n) is 5.40. The molecule has 1 saturated heterocycles. The number of aromatic nitrogens is 2.